The summed E-state index contributed by atoms with van der Waals surface area (Å²) >= 11 is 3.82. The monoisotopic (exact) mass is 340 g/mol. The molecule has 0 radical (unpaired) electrons. The number of hydrogen-bond acceptors (Lipinski definition) is 3. The Bertz CT molecular complexity index is 528. The Kier molecular flexibility index (Phi) is 3.80. The molecule has 0 bridgehead atoms. The highest BCUT2D eigenvalue weighted by molar-refractivity contribution is 14.1. The second kappa shape index (κ2) is 5.32. The zero-order valence-corrected chi connectivity index (χ0v) is 11.4. The van der Waals surface area contributed by atoms with Crippen LogP contribution in [0.2, 0.25) is 0 Å². The molecule has 0 atom stereocenters. The first-order valence-electron chi connectivity index (χ1n) is 4.76. The van der Waals surface area contributed by atoms with E-state index in [1.165, 1.54) is 19.8 Å². The molecule has 1 aromatic heterocycles. The maximum atomic E-state index is 8.71. The van der Waals surface area contributed by atoms with Crippen LogP contribution in [0.4, 0.5) is 5.69 Å². The van der Waals surface area contributed by atoms with Crippen LogP contribution in [-0.4, -0.2) is 0 Å². The van der Waals surface area contributed by atoms with Crippen LogP contribution < -0.4 is 5.32 Å². The first-order valence-corrected chi connectivity index (χ1v) is 6.66. The van der Waals surface area contributed by atoms with Gasteiger partial charge < -0.3 is 5.32 Å². The number of nitrogens with zero attached hydrogens (tertiary/aromatic N) is 1. The molecule has 1 aromatic carbocycles. The topological polar surface area (TPSA) is 35.8 Å². The Morgan fingerprint density at radius 2 is 2.19 bits per heavy atom. The Morgan fingerprint density at radius 3 is 2.88 bits per heavy atom. The zero-order valence-electron chi connectivity index (χ0n) is 8.40. The summed E-state index contributed by atoms with van der Waals surface area (Å²) in [4.78, 5) is 1.94. The molecule has 2 rings (SSSR count). The summed E-state index contributed by atoms with van der Waals surface area (Å²) in [6.45, 7) is 0.770. The molecule has 0 aliphatic heterocycles. The van der Waals surface area contributed by atoms with Crippen LogP contribution in [0.1, 0.15) is 9.75 Å². The minimum absolute atomic E-state index is 0.763. The first kappa shape index (κ1) is 11.4. The Balaban J connectivity index is 2.00. The molecular weight excluding hydrogens is 331 g/mol. The molecule has 0 unspecified atom stereocenters. The average Bonchev–Trinajstić information content (AvgIpc) is 2.74. The van der Waals surface area contributed by atoms with Crippen molar-refractivity contribution in [1.29, 1.82) is 5.26 Å². The van der Waals surface area contributed by atoms with E-state index in [2.05, 4.69) is 46.1 Å². The van der Waals surface area contributed by atoms with E-state index in [1.807, 2.05) is 24.3 Å². The van der Waals surface area contributed by atoms with E-state index < -0.39 is 0 Å². The molecule has 0 spiro atoms. The summed E-state index contributed by atoms with van der Waals surface area (Å²) in [6.07, 6.45) is 0. The number of hydrogen-bond donors (Lipinski definition) is 1. The van der Waals surface area contributed by atoms with Crippen LogP contribution in [0.5, 0.6) is 0 Å². The Hall–Kier alpha value is -1.06. The molecule has 0 saturated carbocycles. The maximum absolute atomic E-state index is 8.71. The lowest BCUT2D eigenvalue weighted by Gasteiger charge is -2.04. The van der Waals surface area contributed by atoms with Crippen molar-refractivity contribution in [2.24, 2.45) is 0 Å². The molecule has 1 heterocycles. The van der Waals surface area contributed by atoms with Crippen LogP contribution in [-0.2, 0) is 6.54 Å². The summed E-state index contributed by atoms with van der Waals surface area (Å²) < 4.78 is 1.21. The van der Waals surface area contributed by atoms with Crippen LogP contribution in [0.3, 0.4) is 0 Å². The van der Waals surface area contributed by atoms with Gasteiger partial charge >= 0.3 is 0 Å². The number of thiophene rings is 1. The third kappa shape index (κ3) is 2.97. The third-order valence-electron chi connectivity index (χ3n) is 2.06. The molecule has 16 heavy (non-hydrogen) atoms. The van der Waals surface area contributed by atoms with Gasteiger partial charge in [0, 0.05) is 20.7 Å². The highest BCUT2D eigenvalue weighted by atomic mass is 127. The van der Waals surface area contributed by atoms with Gasteiger partial charge in [-0.15, -0.1) is 11.3 Å². The van der Waals surface area contributed by atoms with Crippen molar-refractivity contribution < 1.29 is 0 Å². The van der Waals surface area contributed by atoms with Gasteiger partial charge in [0.05, 0.1) is 0 Å². The first-order chi connectivity index (χ1) is 7.78. The smallest absolute Gasteiger partial charge is 0.110 e. The number of nitrogens with one attached hydrogen (secondary N) is 1. The van der Waals surface area contributed by atoms with Gasteiger partial charge in [-0.05, 0) is 52.9 Å². The molecule has 4 heteroatoms. The number of halogens is 1. The van der Waals surface area contributed by atoms with Crippen molar-refractivity contribution in [3.05, 3.63) is 49.7 Å². The van der Waals surface area contributed by atoms with E-state index in [9.17, 15) is 0 Å². The number of rotatable bonds is 3. The van der Waals surface area contributed by atoms with E-state index in [4.69, 9.17) is 5.26 Å². The third-order valence-corrected chi connectivity index (χ3v) is 3.72. The molecule has 2 nitrogen and oxygen atoms in total. The van der Waals surface area contributed by atoms with Gasteiger partial charge in [-0.2, -0.15) is 5.26 Å². The molecule has 1 N–H and O–H groups in total. The van der Waals surface area contributed by atoms with Gasteiger partial charge in [-0.1, -0.05) is 6.07 Å². The van der Waals surface area contributed by atoms with Gasteiger partial charge in [0.2, 0.25) is 0 Å². The molecule has 0 amide bonds. The van der Waals surface area contributed by atoms with E-state index in [1.54, 1.807) is 0 Å². The van der Waals surface area contributed by atoms with Gasteiger partial charge in [0.25, 0.3) is 0 Å². The molecule has 2 aromatic rings. The van der Waals surface area contributed by atoms with Crippen molar-refractivity contribution >= 4 is 39.6 Å². The van der Waals surface area contributed by atoms with Gasteiger partial charge in [-0.3, -0.25) is 0 Å². The maximum Gasteiger partial charge on any atom is 0.110 e. The summed E-state index contributed by atoms with van der Waals surface area (Å²) in [6, 6.07) is 14.2. The lowest BCUT2D eigenvalue weighted by molar-refractivity contribution is 1.19. The van der Waals surface area contributed by atoms with E-state index in [0.29, 0.717) is 0 Å². The standard InChI is InChI=1S/C12H9IN2S/c13-9-2-1-3-10(6-9)15-8-12-5-4-11(7-14)16-12/h1-6,15H,8H2. The molecule has 80 valence electrons. The minimum atomic E-state index is 0.763. The molecular formula is C12H9IN2S. The zero-order chi connectivity index (χ0) is 11.4. The highest BCUT2D eigenvalue weighted by Crippen LogP contribution is 2.18. The summed E-state index contributed by atoms with van der Waals surface area (Å²) in [5.41, 5.74) is 1.11. The molecule has 0 aliphatic rings. The Labute approximate surface area is 112 Å². The predicted octanol–water partition coefficient (Wildman–Crippen LogP) is 3.84. The number of nitriles is 1. The highest BCUT2D eigenvalue weighted by Gasteiger charge is 1.99. The van der Waals surface area contributed by atoms with Gasteiger partial charge in [0.1, 0.15) is 10.9 Å². The SMILES string of the molecule is N#Cc1ccc(CNc2cccc(I)c2)s1. The summed E-state index contributed by atoms with van der Waals surface area (Å²) in [5.74, 6) is 0. The second-order valence-electron chi connectivity index (χ2n) is 3.24. The van der Waals surface area contributed by atoms with Crippen molar-refractivity contribution in [3.8, 4) is 6.07 Å². The molecule has 0 fully saturated rings. The van der Waals surface area contributed by atoms with Crippen molar-refractivity contribution in [3.63, 3.8) is 0 Å². The van der Waals surface area contributed by atoms with E-state index in [-0.39, 0.29) is 0 Å². The lowest BCUT2D eigenvalue weighted by atomic mass is 10.3. The van der Waals surface area contributed by atoms with E-state index in [0.717, 1.165) is 17.1 Å². The van der Waals surface area contributed by atoms with Crippen molar-refractivity contribution in [2.45, 2.75) is 6.54 Å². The van der Waals surface area contributed by atoms with Crippen molar-refractivity contribution in [2.75, 3.05) is 5.32 Å². The lowest BCUT2D eigenvalue weighted by Crippen LogP contribution is -1.96. The fourth-order valence-electron chi connectivity index (χ4n) is 1.32. The van der Waals surface area contributed by atoms with Crippen molar-refractivity contribution in [1.82, 2.24) is 0 Å². The minimum Gasteiger partial charge on any atom is -0.380 e. The molecule has 0 aliphatic carbocycles. The fourth-order valence-corrected chi connectivity index (χ4v) is 2.61. The Morgan fingerprint density at radius 1 is 1.31 bits per heavy atom. The second-order valence-corrected chi connectivity index (χ2v) is 5.66. The van der Waals surface area contributed by atoms with Crippen LogP contribution in [0.15, 0.2) is 36.4 Å². The number of benzene rings is 1. The van der Waals surface area contributed by atoms with Crippen LogP contribution >= 0.6 is 33.9 Å². The quantitative estimate of drug-likeness (QED) is 0.862. The summed E-state index contributed by atoms with van der Waals surface area (Å²) in [5, 5.41) is 12.0. The van der Waals surface area contributed by atoms with Crippen LogP contribution in [0.25, 0.3) is 0 Å². The largest absolute Gasteiger partial charge is 0.380 e. The predicted molar refractivity (Wildman–Crippen MR) is 75.5 cm³/mol. The number of anilines is 1. The van der Waals surface area contributed by atoms with E-state index >= 15 is 0 Å². The van der Waals surface area contributed by atoms with Gasteiger partial charge in [-0.25, -0.2) is 0 Å². The normalized spacial score (nSPS) is 9.75. The average molecular weight is 340 g/mol. The molecule has 0 saturated heterocycles. The summed E-state index contributed by atoms with van der Waals surface area (Å²) in [7, 11) is 0. The van der Waals surface area contributed by atoms with Crippen LogP contribution in [0, 0.1) is 14.9 Å². The van der Waals surface area contributed by atoms with Gasteiger partial charge in [0.15, 0.2) is 0 Å². The fraction of sp³-hybridized carbons (Fsp3) is 0.0833.